The number of halogens is 1. The van der Waals surface area contributed by atoms with Crippen molar-refractivity contribution in [3.05, 3.63) is 90.1 Å². The molecule has 0 bridgehead atoms. The predicted octanol–water partition coefficient (Wildman–Crippen LogP) is 6.56. The molecule has 0 unspecified atom stereocenters. The van der Waals surface area contributed by atoms with Gasteiger partial charge in [0.05, 0.1) is 5.69 Å². The molecule has 0 amide bonds. The van der Waals surface area contributed by atoms with E-state index in [0.29, 0.717) is 5.02 Å². The van der Waals surface area contributed by atoms with Gasteiger partial charge in [0.25, 0.3) is 0 Å². The van der Waals surface area contributed by atoms with E-state index in [-0.39, 0.29) is 0 Å². The fraction of sp³-hybridized carbons (Fsp3) is 0. The van der Waals surface area contributed by atoms with Crippen molar-refractivity contribution in [2.75, 3.05) is 4.90 Å². The summed E-state index contributed by atoms with van der Waals surface area (Å²) in [5, 5.41) is 1.77. The van der Waals surface area contributed by atoms with Crippen LogP contribution in [0.1, 0.15) is 0 Å². The second kappa shape index (κ2) is 5.82. The summed E-state index contributed by atoms with van der Waals surface area (Å²) in [7, 11) is 0. The first-order valence-corrected chi connectivity index (χ1v) is 7.78. The van der Waals surface area contributed by atoms with E-state index in [0.717, 1.165) is 28.0 Å². The fourth-order valence-corrected chi connectivity index (χ4v) is 2.94. The maximum atomic E-state index is 6.21. The van der Waals surface area contributed by atoms with E-state index in [4.69, 9.17) is 16.0 Å². The molecule has 0 saturated heterocycles. The van der Waals surface area contributed by atoms with Crippen molar-refractivity contribution in [2.24, 2.45) is 0 Å². The Morgan fingerprint density at radius 2 is 1.48 bits per heavy atom. The summed E-state index contributed by atoms with van der Waals surface area (Å²) in [5.74, 6) is 0. The number of rotatable bonds is 3. The highest BCUT2D eigenvalue weighted by atomic mass is 35.5. The Bertz CT molecular complexity index is 946. The van der Waals surface area contributed by atoms with Crippen LogP contribution in [-0.4, -0.2) is 0 Å². The molecule has 2 nitrogen and oxygen atoms in total. The molecule has 0 N–H and O–H groups in total. The Morgan fingerprint density at radius 3 is 2.30 bits per heavy atom. The summed E-state index contributed by atoms with van der Waals surface area (Å²) in [6.45, 7) is 0. The van der Waals surface area contributed by atoms with Crippen LogP contribution >= 0.6 is 11.6 Å². The van der Waals surface area contributed by atoms with Gasteiger partial charge in [-0.3, -0.25) is 0 Å². The van der Waals surface area contributed by atoms with Gasteiger partial charge in [-0.05, 0) is 42.5 Å². The van der Waals surface area contributed by atoms with Crippen molar-refractivity contribution in [1.29, 1.82) is 0 Å². The van der Waals surface area contributed by atoms with Crippen molar-refractivity contribution in [2.45, 2.75) is 0 Å². The van der Waals surface area contributed by atoms with E-state index in [9.17, 15) is 0 Å². The molecule has 0 aliphatic heterocycles. The van der Waals surface area contributed by atoms with Gasteiger partial charge in [-0.15, -0.1) is 0 Å². The molecule has 1 heterocycles. The lowest BCUT2D eigenvalue weighted by Crippen LogP contribution is -2.09. The zero-order chi connectivity index (χ0) is 15.6. The van der Waals surface area contributed by atoms with Crippen LogP contribution in [0.15, 0.2) is 89.5 Å². The monoisotopic (exact) mass is 319 g/mol. The van der Waals surface area contributed by atoms with Gasteiger partial charge in [-0.1, -0.05) is 48.0 Å². The minimum atomic E-state index is 0.705. The molecule has 1 aromatic heterocycles. The standard InChI is InChI=1S/C20H14ClNO/c21-15-7-6-10-17(13-15)22(16-8-2-1-3-9-16)19-14-23-20-12-5-4-11-18(19)20/h1-14H. The topological polar surface area (TPSA) is 16.4 Å². The number of hydrogen-bond donors (Lipinski definition) is 0. The summed E-state index contributed by atoms with van der Waals surface area (Å²) in [4.78, 5) is 2.15. The average Bonchev–Trinajstić information content (AvgIpc) is 3.00. The molecule has 0 radical (unpaired) electrons. The third-order valence-electron chi connectivity index (χ3n) is 3.78. The molecular formula is C20H14ClNO. The van der Waals surface area contributed by atoms with Crippen molar-refractivity contribution >= 4 is 39.6 Å². The number of anilines is 3. The maximum absolute atomic E-state index is 6.21. The van der Waals surface area contributed by atoms with Crippen molar-refractivity contribution in [3.8, 4) is 0 Å². The molecule has 0 aliphatic carbocycles. The van der Waals surface area contributed by atoms with Gasteiger partial charge >= 0.3 is 0 Å². The molecule has 0 spiro atoms. The largest absolute Gasteiger partial charge is 0.462 e. The molecule has 0 fully saturated rings. The zero-order valence-corrected chi connectivity index (χ0v) is 13.1. The summed E-state index contributed by atoms with van der Waals surface area (Å²) in [6, 6.07) is 26.1. The lowest BCUT2D eigenvalue weighted by molar-refractivity contribution is 0.616. The molecule has 0 atom stereocenters. The van der Waals surface area contributed by atoms with E-state index < -0.39 is 0 Å². The van der Waals surface area contributed by atoms with Crippen LogP contribution in [0.3, 0.4) is 0 Å². The SMILES string of the molecule is Clc1cccc(N(c2ccccc2)c2coc3ccccc23)c1. The molecule has 4 rings (SSSR count). The Morgan fingerprint density at radius 1 is 0.739 bits per heavy atom. The normalized spacial score (nSPS) is 10.8. The van der Waals surface area contributed by atoms with Gasteiger partial charge in [0.1, 0.15) is 11.8 Å². The highest BCUT2D eigenvalue weighted by molar-refractivity contribution is 6.30. The number of fused-ring (bicyclic) bond motifs is 1. The van der Waals surface area contributed by atoms with Gasteiger partial charge in [0, 0.05) is 21.8 Å². The first-order valence-electron chi connectivity index (χ1n) is 7.40. The Labute approximate surface area is 139 Å². The van der Waals surface area contributed by atoms with Crippen LogP contribution in [0.2, 0.25) is 5.02 Å². The number of para-hydroxylation sites is 2. The zero-order valence-electron chi connectivity index (χ0n) is 12.3. The van der Waals surface area contributed by atoms with E-state index in [1.165, 1.54) is 0 Å². The molecular weight excluding hydrogens is 306 g/mol. The second-order valence-electron chi connectivity index (χ2n) is 5.27. The minimum Gasteiger partial charge on any atom is -0.462 e. The van der Waals surface area contributed by atoms with E-state index in [1.54, 1.807) is 6.26 Å². The van der Waals surface area contributed by atoms with E-state index in [1.807, 2.05) is 60.7 Å². The predicted molar refractivity (Wildman–Crippen MR) is 95.9 cm³/mol. The number of furan rings is 1. The van der Waals surface area contributed by atoms with Crippen molar-refractivity contribution in [1.82, 2.24) is 0 Å². The first-order chi connectivity index (χ1) is 11.3. The summed E-state index contributed by atoms with van der Waals surface area (Å²) >= 11 is 6.21. The van der Waals surface area contributed by atoms with Gasteiger partial charge in [0.15, 0.2) is 0 Å². The summed E-state index contributed by atoms with van der Waals surface area (Å²) < 4.78 is 5.73. The number of benzene rings is 3. The molecule has 112 valence electrons. The van der Waals surface area contributed by atoms with Gasteiger partial charge in [-0.25, -0.2) is 0 Å². The third-order valence-corrected chi connectivity index (χ3v) is 4.02. The van der Waals surface area contributed by atoms with Crippen LogP contribution in [-0.2, 0) is 0 Å². The molecule has 0 saturated carbocycles. The summed E-state index contributed by atoms with van der Waals surface area (Å²) in [5.41, 5.74) is 3.91. The lowest BCUT2D eigenvalue weighted by Gasteiger charge is -2.24. The molecule has 3 aromatic carbocycles. The van der Waals surface area contributed by atoms with Crippen molar-refractivity contribution < 1.29 is 4.42 Å². The van der Waals surface area contributed by atoms with Crippen LogP contribution in [0.4, 0.5) is 17.1 Å². The number of nitrogens with zero attached hydrogens (tertiary/aromatic N) is 1. The molecule has 23 heavy (non-hydrogen) atoms. The highest BCUT2D eigenvalue weighted by Crippen LogP contribution is 2.40. The Hall–Kier alpha value is -2.71. The molecule has 0 aliphatic rings. The average molecular weight is 320 g/mol. The number of hydrogen-bond acceptors (Lipinski definition) is 2. The fourth-order valence-electron chi connectivity index (χ4n) is 2.76. The molecule has 3 heteroatoms. The van der Waals surface area contributed by atoms with E-state index >= 15 is 0 Å². The van der Waals surface area contributed by atoms with Gasteiger partial charge in [0.2, 0.25) is 0 Å². The maximum Gasteiger partial charge on any atom is 0.136 e. The Kier molecular flexibility index (Phi) is 3.52. The Balaban J connectivity index is 1.96. The quantitative estimate of drug-likeness (QED) is 0.425. The third kappa shape index (κ3) is 2.58. The summed E-state index contributed by atoms with van der Waals surface area (Å²) in [6.07, 6.45) is 1.79. The molecule has 4 aromatic rings. The van der Waals surface area contributed by atoms with Crippen LogP contribution in [0.25, 0.3) is 11.0 Å². The minimum absolute atomic E-state index is 0.705. The van der Waals surface area contributed by atoms with Crippen LogP contribution in [0, 0.1) is 0 Å². The van der Waals surface area contributed by atoms with Gasteiger partial charge < -0.3 is 9.32 Å². The van der Waals surface area contributed by atoms with E-state index in [2.05, 4.69) is 23.1 Å². The lowest BCUT2D eigenvalue weighted by atomic mass is 10.1. The van der Waals surface area contributed by atoms with Crippen LogP contribution in [0.5, 0.6) is 0 Å². The first kappa shape index (κ1) is 13.9. The van der Waals surface area contributed by atoms with Gasteiger partial charge in [-0.2, -0.15) is 0 Å². The highest BCUT2D eigenvalue weighted by Gasteiger charge is 2.17. The van der Waals surface area contributed by atoms with Crippen LogP contribution < -0.4 is 4.90 Å². The smallest absolute Gasteiger partial charge is 0.136 e. The van der Waals surface area contributed by atoms with Crippen molar-refractivity contribution in [3.63, 3.8) is 0 Å². The second-order valence-corrected chi connectivity index (χ2v) is 5.70.